The number of benzene rings is 1. The third kappa shape index (κ3) is 3.65. The fourth-order valence-corrected chi connectivity index (χ4v) is 3.14. The summed E-state index contributed by atoms with van der Waals surface area (Å²) >= 11 is 0. The zero-order valence-corrected chi connectivity index (χ0v) is 13.0. The van der Waals surface area contributed by atoms with Gasteiger partial charge in [-0.25, -0.2) is 4.79 Å². The quantitative estimate of drug-likeness (QED) is 0.894. The Hall–Kier alpha value is -1.88. The number of imide groups is 1. The van der Waals surface area contributed by atoms with Crippen LogP contribution in [0.25, 0.3) is 0 Å². The molecule has 5 nitrogen and oxygen atoms in total. The highest BCUT2D eigenvalue weighted by Crippen LogP contribution is 2.33. The molecule has 118 valence electrons. The Morgan fingerprint density at radius 2 is 2.00 bits per heavy atom. The molecule has 0 bridgehead atoms. The first-order chi connectivity index (χ1) is 10.6. The molecule has 1 fully saturated rings. The lowest BCUT2D eigenvalue weighted by Crippen LogP contribution is -2.45. The van der Waals surface area contributed by atoms with E-state index >= 15 is 0 Å². The lowest BCUT2D eigenvalue weighted by Gasteiger charge is -2.32. The first-order valence-corrected chi connectivity index (χ1v) is 8.02. The molecule has 22 heavy (non-hydrogen) atoms. The molecule has 2 aliphatic carbocycles. The maximum Gasteiger partial charge on any atom is 0.321 e. The molecule has 0 saturated heterocycles. The van der Waals surface area contributed by atoms with Crippen molar-refractivity contribution < 1.29 is 9.59 Å². The van der Waals surface area contributed by atoms with Gasteiger partial charge in [0.2, 0.25) is 5.91 Å². The van der Waals surface area contributed by atoms with Crippen molar-refractivity contribution in [3.8, 4) is 0 Å². The topological polar surface area (TPSA) is 61.4 Å². The van der Waals surface area contributed by atoms with Crippen molar-refractivity contribution in [2.24, 2.45) is 0 Å². The summed E-state index contributed by atoms with van der Waals surface area (Å²) in [4.78, 5) is 25.6. The molecule has 1 aromatic carbocycles. The van der Waals surface area contributed by atoms with Crippen molar-refractivity contribution in [1.82, 2.24) is 15.5 Å². The average molecular weight is 301 g/mol. The van der Waals surface area contributed by atoms with Gasteiger partial charge < -0.3 is 5.32 Å². The van der Waals surface area contributed by atoms with Crippen molar-refractivity contribution in [2.45, 2.75) is 44.2 Å². The Morgan fingerprint density at radius 1 is 1.23 bits per heavy atom. The highest BCUT2D eigenvalue weighted by atomic mass is 16.2. The molecule has 3 amide bonds. The molecule has 1 saturated carbocycles. The SMILES string of the molecule is CN(CC(=O)NC(=O)NC1CC1)[C@@H]1CCCc2ccccc21. The van der Waals surface area contributed by atoms with Gasteiger partial charge in [0.1, 0.15) is 0 Å². The van der Waals surface area contributed by atoms with Gasteiger partial charge in [0.25, 0.3) is 0 Å². The molecule has 0 aliphatic heterocycles. The van der Waals surface area contributed by atoms with Crippen LogP contribution in [0.4, 0.5) is 4.79 Å². The number of hydrogen-bond donors (Lipinski definition) is 2. The maximum atomic E-state index is 12.0. The Morgan fingerprint density at radius 3 is 2.77 bits per heavy atom. The molecule has 0 radical (unpaired) electrons. The van der Waals surface area contributed by atoms with E-state index in [2.05, 4.69) is 28.8 Å². The monoisotopic (exact) mass is 301 g/mol. The second-order valence-electron chi connectivity index (χ2n) is 6.32. The van der Waals surface area contributed by atoms with Crippen LogP contribution in [0.1, 0.15) is 42.9 Å². The molecule has 2 aliphatic rings. The zero-order chi connectivity index (χ0) is 15.5. The minimum Gasteiger partial charge on any atom is -0.335 e. The van der Waals surface area contributed by atoms with Crippen LogP contribution in [0.3, 0.4) is 0 Å². The van der Waals surface area contributed by atoms with Crippen molar-refractivity contribution in [3.05, 3.63) is 35.4 Å². The Labute approximate surface area is 131 Å². The standard InChI is InChI=1S/C17H23N3O2/c1-20(11-16(21)19-17(22)18-13-9-10-13)15-8-4-6-12-5-2-3-7-14(12)15/h2-3,5,7,13,15H,4,6,8-11H2,1H3,(H2,18,19,21,22)/t15-/m1/s1. The van der Waals surface area contributed by atoms with Gasteiger partial charge >= 0.3 is 6.03 Å². The van der Waals surface area contributed by atoms with Crippen molar-refractivity contribution in [1.29, 1.82) is 0 Å². The number of carbonyl (C=O) groups excluding carboxylic acids is 2. The van der Waals surface area contributed by atoms with Gasteiger partial charge in [-0.15, -0.1) is 0 Å². The smallest absolute Gasteiger partial charge is 0.321 e. The molecule has 0 heterocycles. The third-order valence-electron chi connectivity index (χ3n) is 4.43. The molecule has 5 heteroatoms. The summed E-state index contributed by atoms with van der Waals surface area (Å²) in [6.07, 6.45) is 5.32. The maximum absolute atomic E-state index is 12.0. The predicted octanol–water partition coefficient (Wildman–Crippen LogP) is 1.98. The number of nitrogens with zero attached hydrogens (tertiary/aromatic N) is 1. The van der Waals surface area contributed by atoms with Gasteiger partial charge in [0.05, 0.1) is 6.54 Å². The molecular formula is C17H23N3O2. The molecule has 0 spiro atoms. The second-order valence-corrected chi connectivity index (χ2v) is 6.32. The molecular weight excluding hydrogens is 278 g/mol. The van der Waals surface area contributed by atoms with Crippen LogP contribution >= 0.6 is 0 Å². The summed E-state index contributed by atoms with van der Waals surface area (Å²) in [6, 6.07) is 8.57. The number of urea groups is 1. The zero-order valence-electron chi connectivity index (χ0n) is 13.0. The number of amides is 3. The number of hydrogen-bond acceptors (Lipinski definition) is 3. The summed E-state index contributed by atoms with van der Waals surface area (Å²) in [6.45, 7) is 0.233. The molecule has 1 atom stereocenters. The fourth-order valence-electron chi connectivity index (χ4n) is 3.14. The Balaban J connectivity index is 1.56. The first kappa shape index (κ1) is 15.0. The summed E-state index contributed by atoms with van der Waals surface area (Å²) in [7, 11) is 1.95. The van der Waals surface area contributed by atoms with Gasteiger partial charge in [-0.05, 0) is 50.3 Å². The molecule has 1 aromatic rings. The highest BCUT2D eigenvalue weighted by molar-refractivity contribution is 5.95. The van der Waals surface area contributed by atoms with E-state index in [1.54, 1.807) is 0 Å². The normalized spacial score (nSPS) is 20.4. The summed E-state index contributed by atoms with van der Waals surface area (Å²) in [5, 5.41) is 5.18. The summed E-state index contributed by atoms with van der Waals surface area (Å²) in [5.41, 5.74) is 2.68. The lowest BCUT2D eigenvalue weighted by atomic mass is 9.87. The number of likely N-dealkylation sites (N-methyl/N-ethyl adjacent to an activating group) is 1. The van der Waals surface area contributed by atoms with E-state index in [-0.39, 0.29) is 30.6 Å². The van der Waals surface area contributed by atoms with Crippen molar-refractivity contribution in [2.75, 3.05) is 13.6 Å². The fraction of sp³-hybridized carbons (Fsp3) is 0.529. The van der Waals surface area contributed by atoms with E-state index in [1.165, 1.54) is 11.1 Å². The van der Waals surface area contributed by atoms with E-state index in [9.17, 15) is 9.59 Å². The molecule has 0 aromatic heterocycles. The number of fused-ring (bicyclic) bond motifs is 1. The van der Waals surface area contributed by atoms with Gasteiger partial charge in [-0.1, -0.05) is 24.3 Å². The van der Waals surface area contributed by atoms with Crippen LogP contribution in [-0.2, 0) is 11.2 Å². The second kappa shape index (κ2) is 6.48. The average Bonchev–Trinajstić information content (AvgIpc) is 3.30. The summed E-state index contributed by atoms with van der Waals surface area (Å²) < 4.78 is 0. The molecule has 2 N–H and O–H groups in total. The molecule has 3 rings (SSSR count). The van der Waals surface area contributed by atoms with Crippen LogP contribution in [0.2, 0.25) is 0 Å². The van der Waals surface area contributed by atoms with Crippen LogP contribution in [0, 0.1) is 0 Å². The van der Waals surface area contributed by atoms with Crippen LogP contribution in [0.5, 0.6) is 0 Å². The van der Waals surface area contributed by atoms with E-state index < -0.39 is 0 Å². The first-order valence-electron chi connectivity index (χ1n) is 8.02. The predicted molar refractivity (Wildman–Crippen MR) is 84.4 cm³/mol. The van der Waals surface area contributed by atoms with Crippen LogP contribution in [0.15, 0.2) is 24.3 Å². The number of nitrogens with one attached hydrogen (secondary N) is 2. The van der Waals surface area contributed by atoms with E-state index in [0.717, 1.165) is 32.1 Å². The lowest BCUT2D eigenvalue weighted by molar-refractivity contribution is -0.121. The number of aryl methyl sites for hydroxylation is 1. The Bertz CT molecular complexity index is 569. The van der Waals surface area contributed by atoms with Crippen molar-refractivity contribution in [3.63, 3.8) is 0 Å². The largest absolute Gasteiger partial charge is 0.335 e. The van der Waals surface area contributed by atoms with Gasteiger partial charge in [-0.3, -0.25) is 15.0 Å². The minimum atomic E-state index is -0.370. The number of carbonyl (C=O) groups is 2. The minimum absolute atomic E-state index is 0.233. The van der Waals surface area contributed by atoms with E-state index in [4.69, 9.17) is 0 Å². The van der Waals surface area contributed by atoms with Crippen LogP contribution < -0.4 is 10.6 Å². The van der Waals surface area contributed by atoms with Gasteiger partial charge in [-0.2, -0.15) is 0 Å². The highest BCUT2D eigenvalue weighted by Gasteiger charge is 2.26. The molecule has 0 unspecified atom stereocenters. The third-order valence-corrected chi connectivity index (χ3v) is 4.43. The van der Waals surface area contributed by atoms with E-state index in [0.29, 0.717) is 0 Å². The van der Waals surface area contributed by atoms with E-state index in [1.807, 2.05) is 18.0 Å². The summed E-state index contributed by atoms with van der Waals surface area (Å²) in [5.74, 6) is -0.247. The van der Waals surface area contributed by atoms with Crippen molar-refractivity contribution >= 4 is 11.9 Å². The van der Waals surface area contributed by atoms with Gasteiger partial charge in [0.15, 0.2) is 0 Å². The van der Waals surface area contributed by atoms with Gasteiger partial charge in [0, 0.05) is 12.1 Å². The van der Waals surface area contributed by atoms with Crippen LogP contribution in [-0.4, -0.2) is 36.5 Å². The number of rotatable bonds is 4. The Kier molecular flexibility index (Phi) is 4.43.